The molecule has 2 heterocycles. The van der Waals surface area contributed by atoms with Gasteiger partial charge in [-0.15, -0.1) is 10.2 Å². The number of carbonyl (C=O) groups excluding carboxylic acids is 1. The molecule has 0 aliphatic carbocycles. The van der Waals surface area contributed by atoms with Crippen LogP contribution in [0.15, 0.2) is 12.1 Å². The molecule has 0 aromatic carbocycles. The first-order chi connectivity index (χ1) is 9.20. The molecule has 2 rings (SSSR count). The van der Waals surface area contributed by atoms with E-state index < -0.39 is 0 Å². The van der Waals surface area contributed by atoms with Crippen LogP contribution in [0.25, 0.3) is 0 Å². The second-order valence-electron chi connectivity index (χ2n) is 5.20. The molecule has 5 nitrogen and oxygen atoms in total. The van der Waals surface area contributed by atoms with E-state index in [1.54, 1.807) is 6.07 Å². The van der Waals surface area contributed by atoms with E-state index >= 15 is 0 Å². The van der Waals surface area contributed by atoms with Crippen LogP contribution in [0.4, 0.5) is 5.82 Å². The van der Waals surface area contributed by atoms with Gasteiger partial charge in [-0.25, -0.2) is 0 Å². The van der Waals surface area contributed by atoms with Gasteiger partial charge in [-0.2, -0.15) is 0 Å². The van der Waals surface area contributed by atoms with Crippen molar-refractivity contribution in [2.45, 2.75) is 33.1 Å². The average Bonchev–Trinajstić information content (AvgIpc) is 2.46. The normalized spacial score (nSPS) is 16.4. The van der Waals surface area contributed by atoms with Crippen LogP contribution in [0, 0.1) is 5.92 Å². The van der Waals surface area contributed by atoms with E-state index in [1.165, 1.54) is 12.8 Å². The van der Waals surface area contributed by atoms with E-state index in [-0.39, 0.29) is 5.91 Å². The maximum atomic E-state index is 11.7. The molecule has 0 atom stereocenters. The zero-order valence-corrected chi connectivity index (χ0v) is 11.7. The second kappa shape index (κ2) is 6.50. The Morgan fingerprint density at radius 1 is 1.37 bits per heavy atom. The van der Waals surface area contributed by atoms with Crippen molar-refractivity contribution in [1.29, 1.82) is 0 Å². The van der Waals surface area contributed by atoms with Crippen molar-refractivity contribution in [3.8, 4) is 0 Å². The number of hydrogen-bond acceptors (Lipinski definition) is 4. The summed E-state index contributed by atoms with van der Waals surface area (Å²) in [6.45, 7) is 7.03. The molecule has 5 heteroatoms. The standard InChI is InChI=1S/C14H22N4O/c1-3-8-15-14(19)12-4-5-13(17-16-12)18-9-6-11(2)7-10-18/h4-5,11H,3,6-10H2,1-2H3,(H,15,19). The fourth-order valence-corrected chi connectivity index (χ4v) is 2.18. The molecule has 1 aliphatic heterocycles. The van der Waals surface area contributed by atoms with Crippen LogP contribution < -0.4 is 10.2 Å². The summed E-state index contributed by atoms with van der Waals surface area (Å²) in [5.74, 6) is 1.52. The second-order valence-corrected chi connectivity index (χ2v) is 5.20. The molecular weight excluding hydrogens is 240 g/mol. The minimum atomic E-state index is -0.145. The summed E-state index contributed by atoms with van der Waals surface area (Å²) in [4.78, 5) is 13.9. The highest BCUT2D eigenvalue weighted by Gasteiger charge is 2.17. The van der Waals surface area contributed by atoms with Crippen molar-refractivity contribution in [2.24, 2.45) is 5.92 Å². The summed E-state index contributed by atoms with van der Waals surface area (Å²) in [5, 5.41) is 11.0. The van der Waals surface area contributed by atoms with Crippen LogP contribution in [0.3, 0.4) is 0 Å². The largest absolute Gasteiger partial charge is 0.355 e. The Labute approximate surface area is 114 Å². The Morgan fingerprint density at radius 3 is 2.68 bits per heavy atom. The Balaban J connectivity index is 1.96. The van der Waals surface area contributed by atoms with Gasteiger partial charge < -0.3 is 10.2 Å². The van der Waals surface area contributed by atoms with Gasteiger partial charge in [0.05, 0.1) is 0 Å². The lowest BCUT2D eigenvalue weighted by Crippen LogP contribution is -2.33. The molecule has 0 radical (unpaired) electrons. The minimum Gasteiger partial charge on any atom is -0.355 e. The van der Waals surface area contributed by atoms with E-state index in [2.05, 4.69) is 27.3 Å². The van der Waals surface area contributed by atoms with Crippen molar-refractivity contribution in [3.63, 3.8) is 0 Å². The highest BCUT2D eigenvalue weighted by Crippen LogP contribution is 2.20. The van der Waals surface area contributed by atoms with E-state index in [0.29, 0.717) is 12.2 Å². The average molecular weight is 262 g/mol. The van der Waals surface area contributed by atoms with Gasteiger partial charge in [-0.1, -0.05) is 13.8 Å². The van der Waals surface area contributed by atoms with Gasteiger partial charge in [0.25, 0.3) is 5.91 Å². The first-order valence-corrected chi connectivity index (χ1v) is 7.07. The highest BCUT2D eigenvalue weighted by atomic mass is 16.1. The molecule has 104 valence electrons. The molecular formula is C14H22N4O. The molecule has 0 bridgehead atoms. The summed E-state index contributed by atoms with van der Waals surface area (Å²) in [7, 11) is 0. The maximum Gasteiger partial charge on any atom is 0.271 e. The molecule has 1 N–H and O–H groups in total. The number of aromatic nitrogens is 2. The molecule has 1 amide bonds. The smallest absolute Gasteiger partial charge is 0.271 e. The summed E-state index contributed by atoms with van der Waals surface area (Å²) < 4.78 is 0. The zero-order chi connectivity index (χ0) is 13.7. The number of anilines is 1. The van der Waals surface area contributed by atoms with E-state index in [9.17, 15) is 4.79 Å². The lowest BCUT2D eigenvalue weighted by atomic mass is 9.99. The quantitative estimate of drug-likeness (QED) is 0.899. The molecule has 0 unspecified atom stereocenters. The fourth-order valence-electron chi connectivity index (χ4n) is 2.18. The maximum absolute atomic E-state index is 11.7. The van der Waals surface area contributed by atoms with Crippen LogP contribution in [-0.4, -0.2) is 35.7 Å². The lowest BCUT2D eigenvalue weighted by molar-refractivity contribution is 0.0947. The number of carbonyl (C=O) groups is 1. The number of amides is 1. The van der Waals surface area contributed by atoms with Crippen molar-refractivity contribution >= 4 is 11.7 Å². The van der Waals surface area contributed by atoms with Crippen LogP contribution in [0.1, 0.15) is 43.6 Å². The number of piperidine rings is 1. The zero-order valence-electron chi connectivity index (χ0n) is 11.7. The minimum absolute atomic E-state index is 0.145. The third-order valence-electron chi connectivity index (χ3n) is 3.53. The van der Waals surface area contributed by atoms with E-state index in [1.807, 2.05) is 13.0 Å². The van der Waals surface area contributed by atoms with Gasteiger partial charge >= 0.3 is 0 Å². The van der Waals surface area contributed by atoms with Crippen molar-refractivity contribution in [2.75, 3.05) is 24.5 Å². The third kappa shape index (κ3) is 3.66. The van der Waals surface area contributed by atoms with Crippen LogP contribution in [0.2, 0.25) is 0 Å². The van der Waals surface area contributed by atoms with Crippen molar-refractivity contribution in [3.05, 3.63) is 17.8 Å². The monoisotopic (exact) mass is 262 g/mol. The van der Waals surface area contributed by atoms with Gasteiger partial charge in [0, 0.05) is 19.6 Å². The Kier molecular flexibility index (Phi) is 4.71. The highest BCUT2D eigenvalue weighted by molar-refractivity contribution is 5.92. The number of hydrogen-bond donors (Lipinski definition) is 1. The van der Waals surface area contributed by atoms with Gasteiger partial charge in [0.15, 0.2) is 11.5 Å². The molecule has 19 heavy (non-hydrogen) atoms. The molecule has 1 aromatic rings. The van der Waals surface area contributed by atoms with Gasteiger partial charge in [-0.05, 0) is 37.3 Å². The van der Waals surface area contributed by atoms with Gasteiger partial charge in [-0.3, -0.25) is 4.79 Å². The predicted molar refractivity (Wildman–Crippen MR) is 75.3 cm³/mol. The van der Waals surface area contributed by atoms with Crippen molar-refractivity contribution in [1.82, 2.24) is 15.5 Å². The predicted octanol–water partition coefficient (Wildman–Crippen LogP) is 1.85. The molecule has 1 aliphatic rings. The fraction of sp³-hybridized carbons (Fsp3) is 0.643. The van der Waals surface area contributed by atoms with E-state index in [4.69, 9.17) is 0 Å². The van der Waals surface area contributed by atoms with Crippen LogP contribution in [-0.2, 0) is 0 Å². The first-order valence-electron chi connectivity index (χ1n) is 7.07. The Hall–Kier alpha value is -1.65. The number of nitrogens with zero attached hydrogens (tertiary/aromatic N) is 3. The van der Waals surface area contributed by atoms with Gasteiger partial charge in [0.2, 0.25) is 0 Å². The van der Waals surface area contributed by atoms with Crippen LogP contribution >= 0.6 is 0 Å². The first kappa shape index (κ1) is 13.8. The Bertz CT molecular complexity index is 410. The molecule has 0 spiro atoms. The Morgan fingerprint density at radius 2 is 2.11 bits per heavy atom. The summed E-state index contributed by atoms with van der Waals surface area (Å²) in [6.07, 6.45) is 3.31. The van der Waals surface area contributed by atoms with Crippen LogP contribution in [0.5, 0.6) is 0 Å². The van der Waals surface area contributed by atoms with Crippen molar-refractivity contribution < 1.29 is 4.79 Å². The molecule has 1 fully saturated rings. The molecule has 1 saturated heterocycles. The van der Waals surface area contributed by atoms with Gasteiger partial charge in [0.1, 0.15) is 0 Å². The number of nitrogens with one attached hydrogen (secondary N) is 1. The summed E-state index contributed by atoms with van der Waals surface area (Å²) in [5.41, 5.74) is 0.391. The SMILES string of the molecule is CCCNC(=O)c1ccc(N2CCC(C)CC2)nn1. The lowest BCUT2D eigenvalue weighted by Gasteiger charge is -2.30. The summed E-state index contributed by atoms with van der Waals surface area (Å²) >= 11 is 0. The molecule has 1 aromatic heterocycles. The number of rotatable bonds is 4. The van der Waals surface area contributed by atoms with E-state index in [0.717, 1.165) is 31.2 Å². The summed E-state index contributed by atoms with van der Waals surface area (Å²) in [6, 6.07) is 3.65. The molecule has 0 saturated carbocycles. The third-order valence-corrected chi connectivity index (χ3v) is 3.53. The topological polar surface area (TPSA) is 58.1 Å².